The van der Waals surface area contributed by atoms with Crippen LogP contribution >= 0.6 is 0 Å². The van der Waals surface area contributed by atoms with Crippen molar-refractivity contribution in [2.75, 3.05) is 13.1 Å². The van der Waals surface area contributed by atoms with Gasteiger partial charge in [-0.05, 0) is 108 Å². The van der Waals surface area contributed by atoms with Gasteiger partial charge in [-0.3, -0.25) is 14.4 Å². The number of carbonyl (C=O) groups is 3. The molecule has 10 nitrogen and oxygen atoms in total. The fourth-order valence-corrected chi connectivity index (χ4v) is 7.51. The van der Waals surface area contributed by atoms with E-state index in [1.165, 1.54) is 0 Å². The Labute approximate surface area is 301 Å². The summed E-state index contributed by atoms with van der Waals surface area (Å²) in [5, 5.41) is 26.2. The quantitative estimate of drug-likeness (QED) is 0.0782. The van der Waals surface area contributed by atoms with Gasteiger partial charge in [-0.2, -0.15) is 0 Å². The summed E-state index contributed by atoms with van der Waals surface area (Å²) in [5.41, 5.74) is 1.01. The molecule has 0 bridgehead atoms. The van der Waals surface area contributed by atoms with Crippen molar-refractivity contribution in [3.8, 4) is 0 Å². The summed E-state index contributed by atoms with van der Waals surface area (Å²) in [6.45, 7) is 14.2. The first kappa shape index (κ1) is 42.3. The average Bonchev–Trinajstić information content (AvgIpc) is 3.07. The van der Waals surface area contributed by atoms with Gasteiger partial charge < -0.3 is 35.1 Å². The summed E-state index contributed by atoms with van der Waals surface area (Å²) in [6.07, 6.45) is 14.5. The van der Waals surface area contributed by atoms with Crippen molar-refractivity contribution in [2.24, 2.45) is 23.7 Å². The first-order valence-corrected chi connectivity index (χ1v) is 19.5. The summed E-state index contributed by atoms with van der Waals surface area (Å²) >= 11 is 0. The minimum Gasteiger partial charge on any atom is -0.390 e. The van der Waals surface area contributed by atoms with Crippen LogP contribution < -0.4 is 10.6 Å². The molecule has 10 heteroatoms. The lowest BCUT2D eigenvalue weighted by Gasteiger charge is -2.48. The summed E-state index contributed by atoms with van der Waals surface area (Å²) in [5.74, 6) is -0.680. The number of ether oxygens (including phenoxy) is 3. The molecule has 0 aromatic heterocycles. The molecule has 3 saturated heterocycles. The highest BCUT2D eigenvalue weighted by Crippen LogP contribution is 2.43. The molecule has 0 aliphatic carbocycles. The predicted octanol–water partition coefficient (Wildman–Crippen LogP) is 5.93. The Morgan fingerprint density at radius 3 is 2.36 bits per heavy atom. The van der Waals surface area contributed by atoms with E-state index in [0.29, 0.717) is 24.8 Å². The second kappa shape index (κ2) is 20.8. The molecule has 3 fully saturated rings. The smallest absolute Gasteiger partial charge is 0.225 e. The lowest BCUT2D eigenvalue weighted by molar-refractivity contribution is -0.324. The molecule has 3 aliphatic rings. The number of ketones is 1. The Kier molecular flexibility index (Phi) is 17.6. The number of carbonyl (C=O) groups excluding carboxylic acids is 3. The highest BCUT2D eigenvalue weighted by molar-refractivity contribution is 5.89. The van der Waals surface area contributed by atoms with Crippen LogP contribution in [0.2, 0.25) is 0 Å². The van der Waals surface area contributed by atoms with E-state index in [1.54, 1.807) is 26.0 Å². The number of nitrogens with one attached hydrogen (secondary N) is 2. The average molecular weight is 705 g/mol. The molecule has 3 aliphatic heterocycles. The van der Waals surface area contributed by atoms with E-state index in [1.807, 2.05) is 20.8 Å². The van der Waals surface area contributed by atoms with Gasteiger partial charge in [0.05, 0.1) is 49.0 Å². The van der Waals surface area contributed by atoms with Gasteiger partial charge in [-0.1, -0.05) is 39.8 Å². The number of amides is 2. The van der Waals surface area contributed by atoms with Crippen LogP contribution in [0.1, 0.15) is 132 Å². The molecule has 0 radical (unpaired) electrons. The van der Waals surface area contributed by atoms with Gasteiger partial charge in [-0.15, -0.1) is 0 Å². The molecule has 11 atom stereocenters. The SMILES string of the molecule is C/C=C/C(=O)C[C@H]1CC[C@H](C)[C@@H](CC(=O)NC[C@H](O)[C@H](C)C(=O)NCCC[C@H]2O[C@@]3(CCC[C@@H](CC[C@H](C)/C=C(\C)[C@H](C)O)O3)CC[C@@H]2C)O1. The summed E-state index contributed by atoms with van der Waals surface area (Å²) in [6, 6.07) is 0. The van der Waals surface area contributed by atoms with Gasteiger partial charge in [-0.25, -0.2) is 0 Å². The molecule has 286 valence electrons. The topological polar surface area (TPSA) is 143 Å². The van der Waals surface area contributed by atoms with Crippen molar-refractivity contribution in [1.82, 2.24) is 10.6 Å². The Morgan fingerprint density at radius 1 is 0.900 bits per heavy atom. The van der Waals surface area contributed by atoms with Gasteiger partial charge in [0.2, 0.25) is 11.8 Å². The van der Waals surface area contributed by atoms with Gasteiger partial charge in [0.25, 0.3) is 0 Å². The zero-order chi connectivity index (χ0) is 36.8. The number of rotatable bonds is 18. The lowest BCUT2D eigenvalue weighted by Crippen LogP contribution is -2.50. The zero-order valence-electron chi connectivity index (χ0n) is 32.0. The van der Waals surface area contributed by atoms with E-state index in [9.17, 15) is 24.6 Å². The van der Waals surface area contributed by atoms with E-state index < -0.39 is 23.9 Å². The highest BCUT2D eigenvalue weighted by atomic mass is 16.7. The molecular weight excluding hydrogens is 636 g/mol. The van der Waals surface area contributed by atoms with E-state index in [4.69, 9.17) is 14.2 Å². The van der Waals surface area contributed by atoms with Crippen molar-refractivity contribution < 1.29 is 38.8 Å². The normalized spacial score (nSPS) is 31.6. The van der Waals surface area contributed by atoms with Crippen LogP contribution in [0.15, 0.2) is 23.8 Å². The molecule has 4 N–H and O–H groups in total. The Bertz CT molecular complexity index is 1140. The van der Waals surface area contributed by atoms with Crippen molar-refractivity contribution in [3.63, 3.8) is 0 Å². The Morgan fingerprint density at radius 2 is 1.64 bits per heavy atom. The first-order chi connectivity index (χ1) is 23.7. The third kappa shape index (κ3) is 13.8. The van der Waals surface area contributed by atoms with Gasteiger partial charge in [0.15, 0.2) is 11.6 Å². The number of hydrogen-bond acceptors (Lipinski definition) is 8. The third-order valence-electron chi connectivity index (χ3n) is 11.2. The van der Waals surface area contributed by atoms with Crippen LogP contribution in [-0.2, 0) is 28.6 Å². The van der Waals surface area contributed by atoms with E-state index in [0.717, 1.165) is 76.2 Å². The maximum absolute atomic E-state index is 12.9. The van der Waals surface area contributed by atoms with E-state index in [2.05, 4.69) is 30.6 Å². The van der Waals surface area contributed by atoms with Crippen molar-refractivity contribution in [2.45, 2.75) is 174 Å². The fraction of sp³-hybridized carbons (Fsp3) is 0.825. The summed E-state index contributed by atoms with van der Waals surface area (Å²) in [4.78, 5) is 37.6. The van der Waals surface area contributed by atoms with E-state index >= 15 is 0 Å². The number of aliphatic hydroxyl groups is 2. The van der Waals surface area contributed by atoms with Crippen molar-refractivity contribution >= 4 is 17.6 Å². The van der Waals surface area contributed by atoms with Crippen LogP contribution in [0.25, 0.3) is 0 Å². The Hall–Kier alpha value is -2.11. The van der Waals surface area contributed by atoms with Gasteiger partial charge >= 0.3 is 0 Å². The number of allylic oxidation sites excluding steroid dienone is 3. The minimum absolute atomic E-state index is 0.0223. The second-order valence-corrected chi connectivity index (χ2v) is 15.7. The van der Waals surface area contributed by atoms with Gasteiger partial charge in [0, 0.05) is 32.4 Å². The second-order valence-electron chi connectivity index (χ2n) is 15.7. The van der Waals surface area contributed by atoms with Crippen LogP contribution in [-0.4, -0.2) is 83.3 Å². The lowest BCUT2D eigenvalue weighted by atomic mass is 9.85. The molecule has 50 heavy (non-hydrogen) atoms. The molecular formula is C40H68N2O8. The van der Waals surface area contributed by atoms with Crippen LogP contribution in [0.4, 0.5) is 0 Å². The molecule has 3 heterocycles. The zero-order valence-corrected chi connectivity index (χ0v) is 32.0. The standard InChI is InChI=1S/C40H68N2O8/c1-8-11-32(44)23-34-17-15-27(3)37(48-34)24-38(46)42-25-35(45)30(6)39(47)41-21-10-13-36-28(4)18-20-40(50-36)19-9-12-33(49-40)16-14-26(2)22-29(5)31(7)43/h8,11,22,26-28,30-31,33-37,43,45H,9-10,12-21,23-25H2,1-7H3,(H,41,47)(H,42,46)/b11-8+,29-22+/t26-,27-,28-,30-,31-,33-,34+,35-,36+,37+,40-/m0/s1. The predicted molar refractivity (Wildman–Crippen MR) is 195 cm³/mol. The minimum atomic E-state index is -1.02. The number of aliphatic hydroxyl groups excluding tert-OH is 2. The number of hydrogen-bond donors (Lipinski definition) is 4. The van der Waals surface area contributed by atoms with Crippen LogP contribution in [0.5, 0.6) is 0 Å². The largest absolute Gasteiger partial charge is 0.390 e. The molecule has 2 amide bonds. The third-order valence-corrected chi connectivity index (χ3v) is 11.2. The maximum atomic E-state index is 12.9. The molecule has 0 saturated carbocycles. The van der Waals surface area contributed by atoms with Crippen molar-refractivity contribution in [3.05, 3.63) is 23.8 Å². The summed E-state index contributed by atoms with van der Waals surface area (Å²) in [7, 11) is 0. The Balaban J connectivity index is 1.36. The highest BCUT2D eigenvalue weighted by Gasteiger charge is 2.44. The molecule has 0 aromatic carbocycles. The van der Waals surface area contributed by atoms with Crippen molar-refractivity contribution in [1.29, 1.82) is 0 Å². The first-order valence-electron chi connectivity index (χ1n) is 19.5. The van der Waals surface area contributed by atoms with Crippen LogP contribution in [0, 0.1) is 23.7 Å². The monoisotopic (exact) mass is 704 g/mol. The van der Waals surface area contributed by atoms with Crippen LogP contribution in [0.3, 0.4) is 0 Å². The maximum Gasteiger partial charge on any atom is 0.225 e. The molecule has 0 aromatic rings. The molecule has 0 unspecified atom stereocenters. The molecule has 3 rings (SSSR count). The summed E-state index contributed by atoms with van der Waals surface area (Å²) < 4.78 is 19.5. The van der Waals surface area contributed by atoms with E-state index in [-0.39, 0.29) is 60.9 Å². The van der Waals surface area contributed by atoms with Gasteiger partial charge in [0.1, 0.15) is 0 Å². The molecule has 1 spiro atoms. The fourth-order valence-electron chi connectivity index (χ4n) is 7.51.